The van der Waals surface area contributed by atoms with E-state index in [2.05, 4.69) is 53.6 Å². The largest absolute Gasteiger partial charge is 0.346 e. The standard InChI is InChI=1S/C19H22ClN5S/c1-13(2)25-14(3)9-17(15(25)4)10-22-24-12-21-23-19(24)26-11-16-5-7-18(20)8-6-16/h5-10,12-13H,11H2,1-4H3/b22-10-. The molecule has 5 nitrogen and oxygen atoms in total. The van der Waals surface area contributed by atoms with Gasteiger partial charge < -0.3 is 4.57 Å². The van der Waals surface area contributed by atoms with Crippen molar-refractivity contribution in [3.8, 4) is 0 Å². The maximum Gasteiger partial charge on any atom is 0.212 e. The summed E-state index contributed by atoms with van der Waals surface area (Å²) in [5, 5.41) is 14.2. The Labute approximate surface area is 163 Å². The van der Waals surface area contributed by atoms with Gasteiger partial charge in [-0.1, -0.05) is 35.5 Å². The van der Waals surface area contributed by atoms with E-state index in [1.54, 1.807) is 22.8 Å². The molecule has 3 aromatic rings. The van der Waals surface area contributed by atoms with Gasteiger partial charge >= 0.3 is 0 Å². The lowest BCUT2D eigenvalue weighted by Crippen LogP contribution is -2.05. The van der Waals surface area contributed by atoms with E-state index in [-0.39, 0.29) is 0 Å². The Morgan fingerprint density at radius 2 is 1.96 bits per heavy atom. The fourth-order valence-corrected chi connectivity index (χ4v) is 3.92. The molecule has 7 heteroatoms. The van der Waals surface area contributed by atoms with E-state index < -0.39 is 0 Å². The van der Waals surface area contributed by atoms with Crippen LogP contribution >= 0.6 is 23.4 Å². The van der Waals surface area contributed by atoms with Crippen LogP contribution in [0.1, 0.15) is 42.4 Å². The molecular formula is C19H22ClN5S. The molecule has 2 aromatic heterocycles. The molecule has 136 valence electrons. The van der Waals surface area contributed by atoms with Crippen LogP contribution in [0.25, 0.3) is 0 Å². The van der Waals surface area contributed by atoms with Crippen LogP contribution in [0, 0.1) is 13.8 Å². The summed E-state index contributed by atoms with van der Waals surface area (Å²) >= 11 is 7.52. The zero-order chi connectivity index (χ0) is 18.7. The van der Waals surface area contributed by atoms with Crippen LogP contribution in [0.2, 0.25) is 5.02 Å². The van der Waals surface area contributed by atoms with Crippen molar-refractivity contribution in [2.45, 2.75) is 44.6 Å². The molecule has 3 rings (SSSR count). The zero-order valence-electron chi connectivity index (χ0n) is 15.3. The molecule has 0 unspecified atom stereocenters. The Hall–Kier alpha value is -2.05. The molecule has 0 spiro atoms. The van der Waals surface area contributed by atoms with Crippen molar-refractivity contribution in [3.05, 3.63) is 64.2 Å². The van der Waals surface area contributed by atoms with E-state index in [1.165, 1.54) is 17.0 Å². The minimum absolute atomic E-state index is 0.428. The Morgan fingerprint density at radius 3 is 2.62 bits per heavy atom. The molecule has 0 atom stereocenters. The fourth-order valence-electron chi connectivity index (χ4n) is 2.97. The second-order valence-corrected chi connectivity index (χ2v) is 7.79. The molecular weight excluding hydrogens is 366 g/mol. The van der Waals surface area contributed by atoms with Crippen LogP contribution in [0.15, 0.2) is 46.9 Å². The number of benzene rings is 1. The number of nitrogens with zero attached hydrogens (tertiary/aromatic N) is 5. The Bertz CT molecular complexity index is 909. The van der Waals surface area contributed by atoms with E-state index in [4.69, 9.17) is 11.6 Å². The summed E-state index contributed by atoms with van der Waals surface area (Å²) in [5.74, 6) is 0.785. The van der Waals surface area contributed by atoms with E-state index in [9.17, 15) is 0 Å². The van der Waals surface area contributed by atoms with Crippen molar-refractivity contribution in [1.82, 2.24) is 19.4 Å². The molecule has 0 saturated carbocycles. The molecule has 0 fully saturated rings. The van der Waals surface area contributed by atoms with Crippen molar-refractivity contribution in [1.29, 1.82) is 0 Å². The molecule has 0 N–H and O–H groups in total. The van der Waals surface area contributed by atoms with Gasteiger partial charge in [0.25, 0.3) is 0 Å². The number of aryl methyl sites for hydroxylation is 1. The van der Waals surface area contributed by atoms with Gasteiger partial charge in [-0.2, -0.15) is 9.78 Å². The molecule has 0 aliphatic carbocycles. The van der Waals surface area contributed by atoms with Crippen molar-refractivity contribution < 1.29 is 0 Å². The van der Waals surface area contributed by atoms with Crippen molar-refractivity contribution in [2.75, 3.05) is 0 Å². The predicted octanol–water partition coefficient (Wildman–Crippen LogP) is 5.11. The van der Waals surface area contributed by atoms with E-state index in [1.807, 2.05) is 30.5 Å². The molecule has 0 bridgehead atoms. The third-order valence-corrected chi connectivity index (χ3v) is 5.40. The number of rotatable bonds is 6. The predicted molar refractivity (Wildman–Crippen MR) is 108 cm³/mol. The highest BCUT2D eigenvalue weighted by atomic mass is 35.5. The Balaban J connectivity index is 1.73. The van der Waals surface area contributed by atoms with E-state index in [0.717, 1.165) is 21.5 Å². The summed E-state index contributed by atoms with van der Waals surface area (Å²) in [7, 11) is 0. The third-order valence-electron chi connectivity index (χ3n) is 4.14. The van der Waals surface area contributed by atoms with Crippen molar-refractivity contribution in [3.63, 3.8) is 0 Å². The van der Waals surface area contributed by atoms with Gasteiger partial charge in [-0.05, 0) is 51.5 Å². The van der Waals surface area contributed by atoms with Crippen LogP contribution in [0.4, 0.5) is 0 Å². The van der Waals surface area contributed by atoms with E-state index >= 15 is 0 Å². The lowest BCUT2D eigenvalue weighted by molar-refractivity contribution is 0.574. The van der Waals surface area contributed by atoms with Crippen LogP contribution < -0.4 is 0 Å². The minimum atomic E-state index is 0.428. The first-order valence-corrected chi connectivity index (χ1v) is 9.82. The number of aromatic nitrogens is 4. The van der Waals surface area contributed by atoms with Gasteiger partial charge in [-0.25, -0.2) is 0 Å². The summed E-state index contributed by atoms with van der Waals surface area (Å²) in [6, 6.07) is 10.4. The summed E-state index contributed by atoms with van der Waals surface area (Å²) in [4.78, 5) is 0. The fraction of sp³-hybridized carbons (Fsp3) is 0.316. The van der Waals surface area contributed by atoms with Crippen LogP contribution in [-0.4, -0.2) is 25.7 Å². The van der Waals surface area contributed by atoms with Gasteiger partial charge in [-0.3, -0.25) is 0 Å². The quantitative estimate of drug-likeness (QED) is 0.436. The molecule has 0 saturated heterocycles. The Kier molecular flexibility index (Phi) is 5.84. The average molecular weight is 388 g/mol. The highest BCUT2D eigenvalue weighted by Gasteiger charge is 2.10. The average Bonchev–Trinajstić information content (AvgIpc) is 3.16. The van der Waals surface area contributed by atoms with E-state index in [0.29, 0.717) is 6.04 Å². The zero-order valence-corrected chi connectivity index (χ0v) is 16.9. The maximum atomic E-state index is 5.93. The first-order chi connectivity index (χ1) is 12.5. The van der Waals surface area contributed by atoms with Crippen LogP contribution in [0.5, 0.6) is 0 Å². The van der Waals surface area contributed by atoms with Gasteiger partial charge in [0.05, 0.1) is 6.21 Å². The summed E-state index contributed by atoms with van der Waals surface area (Å²) in [6.45, 7) is 8.62. The normalized spacial score (nSPS) is 11.8. The number of hydrogen-bond donors (Lipinski definition) is 0. The molecule has 0 aliphatic rings. The molecule has 0 aliphatic heterocycles. The van der Waals surface area contributed by atoms with Crippen LogP contribution in [0.3, 0.4) is 0 Å². The first kappa shape index (κ1) is 18.7. The monoisotopic (exact) mass is 387 g/mol. The second-order valence-electron chi connectivity index (χ2n) is 6.41. The molecule has 0 radical (unpaired) electrons. The summed E-state index contributed by atoms with van der Waals surface area (Å²) in [6.07, 6.45) is 3.50. The van der Waals surface area contributed by atoms with Crippen molar-refractivity contribution in [2.24, 2.45) is 5.10 Å². The lowest BCUT2D eigenvalue weighted by atomic mass is 10.2. The smallest absolute Gasteiger partial charge is 0.212 e. The van der Waals surface area contributed by atoms with Gasteiger partial charge in [0.2, 0.25) is 5.16 Å². The topological polar surface area (TPSA) is 48.0 Å². The van der Waals surface area contributed by atoms with Gasteiger partial charge in [0.1, 0.15) is 6.33 Å². The highest BCUT2D eigenvalue weighted by molar-refractivity contribution is 7.98. The molecule has 2 heterocycles. The Morgan fingerprint density at radius 1 is 1.23 bits per heavy atom. The van der Waals surface area contributed by atoms with Gasteiger partial charge in [0, 0.05) is 33.8 Å². The highest BCUT2D eigenvalue weighted by Crippen LogP contribution is 2.22. The minimum Gasteiger partial charge on any atom is -0.346 e. The third kappa shape index (κ3) is 4.19. The first-order valence-electron chi connectivity index (χ1n) is 8.45. The molecule has 26 heavy (non-hydrogen) atoms. The van der Waals surface area contributed by atoms with Gasteiger partial charge in [-0.15, -0.1) is 10.2 Å². The summed E-state index contributed by atoms with van der Waals surface area (Å²) in [5.41, 5.74) is 4.74. The number of thioether (sulfide) groups is 1. The van der Waals surface area contributed by atoms with Crippen molar-refractivity contribution >= 4 is 29.6 Å². The molecule has 0 amide bonds. The number of halogens is 1. The SMILES string of the molecule is Cc1cc(/C=N\n2cnnc2SCc2ccc(Cl)cc2)c(C)n1C(C)C. The lowest BCUT2D eigenvalue weighted by Gasteiger charge is -2.13. The number of hydrogen-bond acceptors (Lipinski definition) is 4. The molecule has 1 aromatic carbocycles. The maximum absolute atomic E-state index is 5.93. The van der Waals surface area contributed by atoms with Crippen LogP contribution in [-0.2, 0) is 5.75 Å². The van der Waals surface area contributed by atoms with Gasteiger partial charge in [0.15, 0.2) is 0 Å². The summed E-state index contributed by atoms with van der Waals surface area (Å²) < 4.78 is 4.02. The second kappa shape index (κ2) is 8.10.